The van der Waals surface area contributed by atoms with E-state index in [9.17, 15) is 19.7 Å². The van der Waals surface area contributed by atoms with Crippen molar-refractivity contribution in [3.8, 4) is 0 Å². The number of pyridine rings is 2. The first-order valence-corrected chi connectivity index (χ1v) is 9.52. The predicted molar refractivity (Wildman–Crippen MR) is 117 cm³/mol. The summed E-state index contributed by atoms with van der Waals surface area (Å²) in [5, 5.41) is 14.2. The molecule has 1 amide bonds. The number of nitro groups is 1. The highest BCUT2D eigenvalue weighted by atomic mass is 16.6. The van der Waals surface area contributed by atoms with Crippen LogP contribution in [0.5, 0.6) is 0 Å². The summed E-state index contributed by atoms with van der Waals surface area (Å²) in [5.41, 5.74) is 1.99. The summed E-state index contributed by atoms with van der Waals surface area (Å²) in [4.78, 5) is 40.9. The third-order valence-electron chi connectivity index (χ3n) is 4.87. The van der Waals surface area contributed by atoms with Crippen molar-refractivity contribution in [2.24, 2.45) is 0 Å². The molecule has 0 fully saturated rings. The summed E-state index contributed by atoms with van der Waals surface area (Å²) in [5.74, 6) is -0.645. The Morgan fingerprint density at radius 2 is 1.87 bits per heavy atom. The maximum absolute atomic E-state index is 13.2. The lowest BCUT2D eigenvalue weighted by Crippen LogP contribution is -2.30. The van der Waals surface area contributed by atoms with Crippen LogP contribution in [0, 0.1) is 17.0 Å². The van der Waals surface area contributed by atoms with Crippen LogP contribution in [0.15, 0.2) is 77.7 Å². The van der Waals surface area contributed by atoms with Gasteiger partial charge in [-0.25, -0.2) is 4.98 Å². The number of rotatable bonds is 5. The lowest BCUT2D eigenvalue weighted by atomic mass is 10.1. The zero-order valence-electron chi connectivity index (χ0n) is 16.6. The van der Waals surface area contributed by atoms with Crippen LogP contribution in [0.4, 0.5) is 11.4 Å². The normalized spacial score (nSPS) is 10.7. The van der Waals surface area contributed by atoms with Gasteiger partial charge >= 0.3 is 0 Å². The van der Waals surface area contributed by atoms with Gasteiger partial charge in [0.1, 0.15) is 11.2 Å². The molecule has 8 heteroatoms. The molecule has 0 spiro atoms. The molecule has 0 aliphatic rings. The molecule has 4 aromatic rings. The van der Waals surface area contributed by atoms with Gasteiger partial charge < -0.3 is 5.32 Å². The molecular weight excluding hydrogens is 396 g/mol. The number of carbonyl (C=O) groups is 1. The van der Waals surface area contributed by atoms with Crippen molar-refractivity contribution in [1.82, 2.24) is 9.55 Å². The van der Waals surface area contributed by atoms with E-state index in [1.165, 1.54) is 34.9 Å². The summed E-state index contributed by atoms with van der Waals surface area (Å²) in [6, 6.07) is 18.3. The standard InChI is InChI=1S/C23H18N4O4/c1-15-7-9-16(10-8-15)14-26-21-17(4-3-11-24-21)12-20(23(26)29)22(28)25-18-5-2-6-19(13-18)27(30)31/h2-13H,14H2,1H3,(H,25,28). The van der Waals surface area contributed by atoms with Gasteiger partial charge in [0, 0.05) is 29.4 Å². The first-order valence-electron chi connectivity index (χ1n) is 9.52. The second kappa shape index (κ2) is 8.19. The van der Waals surface area contributed by atoms with Crippen molar-refractivity contribution in [1.29, 1.82) is 0 Å². The number of hydrogen-bond acceptors (Lipinski definition) is 5. The fraction of sp³-hybridized carbons (Fsp3) is 0.0870. The Morgan fingerprint density at radius 1 is 1.10 bits per heavy atom. The zero-order valence-corrected chi connectivity index (χ0v) is 16.6. The minimum Gasteiger partial charge on any atom is -0.322 e. The van der Waals surface area contributed by atoms with Crippen molar-refractivity contribution in [3.05, 3.63) is 110 Å². The molecule has 2 aromatic carbocycles. The zero-order chi connectivity index (χ0) is 22.0. The third-order valence-corrected chi connectivity index (χ3v) is 4.87. The fourth-order valence-electron chi connectivity index (χ4n) is 3.29. The second-order valence-corrected chi connectivity index (χ2v) is 7.11. The Labute approximate surface area is 176 Å². The van der Waals surface area contributed by atoms with Crippen LogP contribution in [0.1, 0.15) is 21.5 Å². The molecule has 31 heavy (non-hydrogen) atoms. The van der Waals surface area contributed by atoms with Crippen LogP contribution in [0.2, 0.25) is 0 Å². The minimum atomic E-state index is -0.645. The third kappa shape index (κ3) is 4.18. The summed E-state index contributed by atoms with van der Waals surface area (Å²) in [6.45, 7) is 2.23. The van der Waals surface area contributed by atoms with Crippen molar-refractivity contribution in [3.63, 3.8) is 0 Å². The highest BCUT2D eigenvalue weighted by Gasteiger charge is 2.17. The molecule has 2 heterocycles. The van der Waals surface area contributed by atoms with Crippen molar-refractivity contribution in [2.75, 3.05) is 5.32 Å². The molecule has 0 radical (unpaired) electrons. The quantitative estimate of drug-likeness (QED) is 0.393. The van der Waals surface area contributed by atoms with Gasteiger partial charge in [0.2, 0.25) is 0 Å². The largest absolute Gasteiger partial charge is 0.322 e. The van der Waals surface area contributed by atoms with E-state index < -0.39 is 16.4 Å². The molecule has 0 aliphatic heterocycles. The first kappa shape index (κ1) is 20.0. The number of amides is 1. The Kier molecular flexibility index (Phi) is 5.28. The van der Waals surface area contributed by atoms with E-state index in [1.54, 1.807) is 18.3 Å². The first-order chi connectivity index (χ1) is 14.9. The molecular formula is C23H18N4O4. The maximum Gasteiger partial charge on any atom is 0.271 e. The molecule has 0 atom stereocenters. The van der Waals surface area contributed by atoms with E-state index in [2.05, 4.69) is 10.3 Å². The molecule has 0 unspecified atom stereocenters. The number of benzene rings is 2. The van der Waals surface area contributed by atoms with E-state index in [-0.39, 0.29) is 23.5 Å². The van der Waals surface area contributed by atoms with E-state index in [4.69, 9.17) is 0 Å². The monoisotopic (exact) mass is 414 g/mol. The van der Waals surface area contributed by atoms with Crippen LogP contribution >= 0.6 is 0 Å². The van der Waals surface area contributed by atoms with E-state index >= 15 is 0 Å². The number of hydrogen-bond donors (Lipinski definition) is 1. The van der Waals surface area contributed by atoms with Gasteiger partial charge in [-0.2, -0.15) is 0 Å². The molecule has 0 bridgehead atoms. The molecule has 0 aliphatic carbocycles. The molecule has 154 valence electrons. The molecule has 0 saturated heterocycles. The van der Waals surface area contributed by atoms with Crippen molar-refractivity contribution >= 4 is 28.3 Å². The van der Waals surface area contributed by atoms with Gasteiger partial charge in [-0.3, -0.25) is 24.3 Å². The number of anilines is 1. The van der Waals surface area contributed by atoms with E-state index in [1.807, 2.05) is 31.2 Å². The Balaban J connectivity index is 1.76. The maximum atomic E-state index is 13.2. The van der Waals surface area contributed by atoms with Crippen LogP contribution in [-0.4, -0.2) is 20.4 Å². The molecule has 8 nitrogen and oxygen atoms in total. The van der Waals surface area contributed by atoms with Crippen LogP contribution in [0.3, 0.4) is 0 Å². The number of carbonyl (C=O) groups excluding carboxylic acids is 1. The predicted octanol–water partition coefficient (Wildman–Crippen LogP) is 3.91. The van der Waals surface area contributed by atoms with Gasteiger partial charge in [0.15, 0.2) is 0 Å². The second-order valence-electron chi connectivity index (χ2n) is 7.11. The summed E-state index contributed by atoms with van der Waals surface area (Å²) >= 11 is 0. The van der Waals surface area contributed by atoms with Gasteiger partial charge in [-0.05, 0) is 36.8 Å². The molecule has 1 N–H and O–H groups in total. The van der Waals surface area contributed by atoms with Gasteiger partial charge in [0.05, 0.1) is 11.5 Å². The van der Waals surface area contributed by atoms with Gasteiger partial charge in [-0.15, -0.1) is 0 Å². The summed E-state index contributed by atoms with van der Waals surface area (Å²) in [6.07, 6.45) is 1.59. The van der Waals surface area contributed by atoms with Crippen LogP contribution < -0.4 is 10.9 Å². The average molecular weight is 414 g/mol. The fourth-order valence-corrected chi connectivity index (χ4v) is 3.29. The Hall–Kier alpha value is -4.33. The van der Waals surface area contributed by atoms with Crippen molar-refractivity contribution < 1.29 is 9.72 Å². The van der Waals surface area contributed by atoms with Crippen molar-refractivity contribution in [2.45, 2.75) is 13.5 Å². The smallest absolute Gasteiger partial charge is 0.271 e. The van der Waals surface area contributed by atoms with E-state index in [0.717, 1.165) is 11.1 Å². The lowest BCUT2D eigenvalue weighted by Gasteiger charge is -2.13. The number of non-ortho nitro benzene ring substituents is 1. The Bertz CT molecular complexity index is 1360. The summed E-state index contributed by atoms with van der Waals surface area (Å²) < 4.78 is 1.46. The molecule has 0 saturated carbocycles. The molecule has 2 aromatic heterocycles. The summed E-state index contributed by atoms with van der Waals surface area (Å²) in [7, 11) is 0. The average Bonchev–Trinajstić information content (AvgIpc) is 2.77. The number of nitrogens with zero attached hydrogens (tertiary/aromatic N) is 3. The van der Waals surface area contributed by atoms with Gasteiger partial charge in [0.25, 0.3) is 17.2 Å². The molecule has 4 rings (SSSR count). The van der Waals surface area contributed by atoms with E-state index in [0.29, 0.717) is 11.0 Å². The number of nitrogens with one attached hydrogen (secondary N) is 1. The lowest BCUT2D eigenvalue weighted by molar-refractivity contribution is -0.384. The number of fused-ring (bicyclic) bond motifs is 1. The number of nitro benzene ring substituents is 1. The minimum absolute atomic E-state index is 0.0703. The SMILES string of the molecule is Cc1ccc(Cn2c(=O)c(C(=O)Nc3cccc([N+](=O)[O-])c3)cc3cccnc32)cc1. The Morgan fingerprint density at radius 3 is 2.61 bits per heavy atom. The van der Waals surface area contributed by atoms with Crippen LogP contribution in [-0.2, 0) is 6.54 Å². The highest BCUT2D eigenvalue weighted by Crippen LogP contribution is 2.19. The van der Waals surface area contributed by atoms with Crippen LogP contribution in [0.25, 0.3) is 11.0 Å². The number of aromatic nitrogens is 2. The van der Waals surface area contributed by atoms with Gasteiger partial charge in [-0.1, -0.05) is 35.9 Å². The number of aryl methyl sites for hydroxylation is 1. The topological polar surface area (TPSA) is 107 Å². The highest BCUT2D eigenvalue weighted by molar-refractivity contribution is 6.05.